The Balaban J connectivity index is 1.68. The van der Waals surface area contributed by atoms with Crippen LogP contribution >= 0.6 is 0 Å². The molecule has 3 heteroatoms. The van der Waals surface area contributed by atoms with Crippen LogP contribution in [0.5, 0.6) is 0 Å². The third kappa shape index (κ3) is 1.97. The summed E-state index contributed by atoms with van der Waals surface area (Å²) in [5, 5.41) is 3.69. The van der Waals surface area contributed by atoms with Crippen LogP contribution in [-0.4, -0.2) is 24.2 Å². The summed E-state index contributed by atoms with van der Waals surface area (Å²) in [5.41, 5.74) is 2.67. The highest BCUT2D eigenvalue weighted by Gasteiger charge is 2.26. The van der Waals surface area contributed by atoms with Gasteiger partial charge in [-0.1, -0.05) is 6.07 Å². The fourth-order valence-electron chi connectivity index (χ4n) is 2.73. The van der Waals surface area contributed by atoms with Crippen LogP contribution in [0, 0.1) is 0 Å². The summed E-state index contributed by atoms with van der Waals surface area (Å²) in [5.74, 6) is 0. The number of hydrogen-bond acceptors (Lipinski definition) is 3. The van der Waals surface area contributed by atoms with E-state index in [0.717, 1.165) is 19.6 Å². The van der Waals surface area contributed by atoms with Gasteiger partial charge in [-0.15, -0.1) is 0 Å². The molecule has 2 atom stereocenters. The molecule has 1 fully saturated rings. The van der Waals surface area contributed by atoms with Gasteiger partial charge in [0.1, 0.15) is 0 Å². The Morgan fingerprint density at radius 3 is 3.25 bits per heavy atom. The lowest BCUT2D eigenvalue weighted by Gasteiger charge is -2.26. The summed E-state index contributed by atoms with van der Waals surface area (Å²) in [7, 11) is 0. The minimum Gasteiger partial charge on any atom is -0.380 e. The van der Waals surface area contributed by atoms with Crippen molar-refractivity contribution in [2.24, 2.45) is 0 Å². The molecule has 0 bridgehead atoms. The molecule has 2 aliphatic rings. The third-order valence-corrected chi connectivity index (χ3v) is 3.56. The average molecular weight is 218 g/mol. The zero-order chi connectivity index (χ0) is 10.8. The van der Waals surface area contributed by atoms with Gasteiger partial charge in [0.2, 0.25) is 0 Å². The molecule has 1 N–H and O–H groups in total. The molecule has 3 rings (SSSR count). The zero-order valence-corrected chi connectivity index (χ0v) is 9.48. The van der Waals surface area contributed by atoms with Gasteiger partial charge < -0.3 is 10.1 Å². The quantitative estimate of drug-likeness (QED) is 0.822. The fourth-order valence-corrected chi connectivity index (χ4v) is 2.73. The predicted molar refractivity (Wildman–Crippen MR) is 62.3 cm³/mol. The van der Waals surface area contributed by atoms with Crippen molar-refractivity contribution in [1.82, 2.24) is 10.3 Å². The summed E-state index contributed by atoms with van der Waals surface area (Å²) >= 11 is 0. The van der Waals surface area contributed by atoms with E-state index in [1.165, 1.54) is 30.5 Å². The second kappa shape index (κ2) is 4.52. The molecule has 0 spiro atoms. The summed E-state index contributed by atoms with van der Waals surface area (Å²) in [6.45, 7) is 1.79. The largest absolute Gasteiger partial charge is 0.380 e. The molecule has 3 nitrogen and oxygen atoms in total. The molecular formula is C13H18N2O. The molecule has 16 heavy (non-hydrogen) atoms. The number of aromatic nitrogens is 1. The van der Waals surface area contributed by atoms with Crippen LogP contribution in [0.25, 0.3) is 0 Å². The van der Waals surface area contributed by atoms with E-state index in [1.807, 2.05) is 12.3 Å². The highest BCUT2D eigenvalue weighted by Crippen LogP contribution is 2.29. The molecule has 1 aromatic heterocycles. The maximum atomic E-state index is 5.50. The highest BCUT2D eigenvalue weighted by molar-refractivity contribution is 5.28. The van der Waals surface area contributed by atoms with Crippen LogP contribution in [0.2, 0.25) is 0 Å². The van der Waals surface area contributed by atoms with Crippen LogP contribution in [0.15, 0.2) is 18.3 Å². The average Bonchev–Trinajstić information content (AvgIpc) is 2.74. The summed E-state index contributed by atoms with van der Waals surface area (Å²) in [6.07, 6.45) is 6.66. The first-order valence-electron chi connectivity index (χ1n) is 6.21. The summed E-state index contributed by atoms with van der Waals surface area (Å²) < 4.78 is 5.50. The highest BCUT2D eigenvalue weighted by atomic mass is 16.5. The van der Waals surface area contributed by atoms with Crippen LogP contribution in [-0.2, 0) is 11.2 Å². The molecule has 2 unspecified atom stereocenters. The van der Waals surface area contributed by atoms with Crippen molar-refractivity contribution in [2.75, 3.05) is 13.2 Å². The maximum Gasteiger partial charge on any atom is 0.0619 e. The minimum absolute atomic E-state index is 0.447. The Morgan fingerprint density at radius 1 is 1.38 bits per heavy atom. The van der Waals surface area contributed by atoms with Gasteiger partial charge in [0, 0.05) is 18.8 Å². The molecule has 0 amide bonds. The minimum atomic E-state index is 0.447. The number of aryl methyl sites for hydroxylation is 1. The second-order valence-corrected chi connectivity index (χ2v) is 4.72. The van der Waals surface area contributed by atoms with Gasteiger partial charge in [0.05, 0.1) is 18.3 Å². The number of rotatable bonds is 2. The Hall–Kier alpha value is -0.930. The first kappa shape index (κ1) is 10.2. The Labute approximate surface area is 96.2 Å². The van der Waals surface area contributed by atoms with E-state index < -0.39 is 0 Å². The number of nitrogens with zero attached hydrogens (tertiary/aromatic N) is 1. The number of pyridine rings is 1. The molecule has 86 valence electrons. The number of hydrogen-bond donors (Lipinski definition) is 1. The Morgan fingerprint density at radius 2 is 2.38 bits per heavy atom. The van der Waals surface area contributed by atoms with Gasteiger partial charge in [0.15, 0.2) is 0 Å². The van der Waals surface area contributed by atoms with Gasteiger partial charge >= 0.3 is 0 Å². The molecule has 0 radical (unpaired) electrons. The molecule has 1 aromatic rings. The van der Waals surface area contributed by atoms with Crippen molar-refractivity contribution < 1.29 is 4.74 Å². The van der Waals surface area contributed by atoms with E-state index >= 15 is 0 Å². The number of nitrogens with one attached hydrogen (secondary N) is 1. The standard InChI is InChI=1S/C13H18N2O/c1-3-10-5-6-12(13(10)14-7-1)15-11-4-2-8-16-9-11/h1,3,7,11-12,15H,2,4-6,8-9H2. The molecule has 1 aliphatic carbocycles. The van der Waals surface area contributed by atoms with E-state index in [2.05, 4.69) is 16.4 Å². The molecule has 2 heterocycles. The van der Waals surface area contributed by atoms with Crippen molar-refractivity contribution in [1.29, 1.82) is 0 Å². The normalized spacial score (nSPS) is 29.0. The van der Waals surface area contributed by atoms with E-state index in [4.69, 9.17) is 4.74 Å². The van der Waals surface area contributed by atoms with Gasteiger partial charge in [-0.3, -0.25) is 4.98 Å². The molecule has 1 aliphatic heterocycles. The Bertz CT molecular complexity index is 361. The van der Waals surface area contributed by atoms with Crippen molar-refractivity contribution in [3.05, 3.63) is 29.6 Å². The lowest BCUT2D eigenvalue weighted by molar-refractivity contribution is 0.0662. The van der Waals surface area contributed by atoms with Crippen LogP contribution in [0.3, 0.4) is 0 Å². The van der Waals surface area contributed by atoms with E-state index in [9.17, 15) is 0 Å². The first-order chi connectivity index (χ1) is 7.93. The summed E-state index contributed by atoms with van der Waals surface area (Å²) in [6, 6.07) is 5.20. The van der Waals surface area contributed by atoms with E-state index in [-0.39, 0.29) is 0 Å². The third-order valence-electron chi connectivity index (χ3n) is 3.56. The molecule has 1 saturated heterocycles. The Kier molecular flexibility index (Phi) is 2.89. The van der Waals surface area contributed by atoms with Crippen LogP contribution < -0.4 is 5.32 Å². The lowest BCUT2D eigenvalue weighted by atomic mass is 10.1. The van der Waals surface area contributed by atoms with Gasteiger partial charge in [-0.2, -0.15) is 0 Å². The van der Waals surface area contributed by atoms with Crippen molar-refractivity contribution >= 4 is 0 Å². The van der Waals surface area contributed by atoms with Crippen LogP contribution in [0.1, 0.15) is 36.6 Å². The lowest BCUT2D eigenvalue weighted by Crippen LogP contribution is -2.38. The zero-order valence-electron chi connectivity index (χ0n) is 9.48. The van der Waals surface area contributed by atoms with Crippen molar-refractivity contribution in [3.8, 4) is 0 Å². The fraction of sp³-hybridized carbons (Fsp3) is 0.615. The first-order valence-corrected chi connectivity index (χ1v) is 6.21. The topological polar surface area (TPSA) is 34.2 Å². The van der Waals surface area contributed by atoms with Crippen LogP contribution in [0.4, 0.5) is 0 Å². The second-order valence-electron chi connectivity index (χ2n) is 4.72. The molecular weight excluding hydrogens is 200 g/mol. The molecule has 0 saturated carbocycles. The van der Waals surface area contributed by atoms with E-state index in [1.54, 1.807) is 0 Å². The van der Waals surface area contributed by atoms with Crippen molar-refractivity contribution in [3.63, 3.8) is 0 Å². The SMILES string of the molecule is c1cnc2c(c1)CCC2NC1CCCOC1. The summed E-state index contributed by atoms with van der Waals surface area (Å²) in [4.78, 5) is 4.50. The predicted octanol–water partition coefficient (Wildman–Crippen LogP) is 1.84. The van der Waals surface area contributed by atoms with Crippen molar-refractivity contribution in [2.45, 2.75) is 37.8 Å². The van der Waals surface area contributed by atoms with Gasteiger partial charge in [0.25, 0.3) is 0 Å². The van der Waals surface area contributed by atoms with E-state index in [0.29, 0.717) is 12.1 Å². The van der Waals surface area contributed by atoms with Gasteiger partial charge in [-0.05, 0) is 37.3 Å². The number of ether oxygens (including phenoxy) is 1. The maximum absolute atomic E-state index is 5.50. The monoisotopic (exact) mass is 218 g/mol. The smallest absolute Gasteiger partial charge is 0.0619 e. The molecule has 0 aromatic carbocycles. The van der Waals surface area contributed by atoms with Gasteiger partial charge in [-0.25, -0.2) is 0 Å². The number of fused-ring (bicyclic) bond motifs is 1.